The highest BCUT2D eigenvalue weighted by Crippen LogP contribution is 2.26. The van der Waals surface area contributed by atoms with E-state index in [2.05, 4.69) is 15.1 Å². The highest BCUT2D eigenvalue weighted by Gasteiger charge is 2.12. The largest absolute Gasteiger partial charge is 0.481 e. The Balaban J connectivity index is 2.37. The molecule has 1 heterocycles. The van der Waals surface area contributed by atoms with E-state index in [1.807, 2.05) is 25.1 Å². The predicted molar refractivity (Wildman–Crippen MR) is 80.9 cm³/mol. The van der Waals surface area contributed by atoms with Crippen LogP contribution in [0.3, 0.4) is 0 Å². The third-order valence-electron chi connectivity index (χ3n) is 2.78. The van der Waals surface area contributed by atoms with Crippen LogP contribution in [-0.4, -0.2) is 37.0 Å². The molecule has 1 aromatic carbocycles. The summed E-state index contributed by atoms with van der Waals surface area (Å²) in [6.45, 7) is 1.82. The number of methoxy groups -OCH3 is 2. The molecule has 0 unspecified atom stereocenters. The number of nitrogens with zero attached hydrogens (tertiary/aromatic N) is 3. The number of aromatic nitrogens is 2. The first-order chi connectivity index (χ1) is 10.7. The number of benzene rings is 1. The normalized spacial score (nSPS) is 11.0. The minimum atomic E-state index is 0.119. The molecule has 0 bridgehead atoms. The Morgan fingerprint density at radius 2 is 1.64 bits per heavy atom. The number of oxime groups is 1. The van der Waals surface area contributed by atoms with Crippen LogP contribution in [0.25, 0.3) is 0 Å². The topological polar surface area (TPSA) is 75.1 Å². The Kier molecular flexibility index (Phi) is 5.13. The molecule has 0 saturated carbocycles. The lowest BCUT2D eigenvalue weighted by atomic mass is 10.1. The maximum absolute atomic E-state index is 5.74. The number of ether oxygens (including phenoxy) is 3. The smallest absolute Gasteiger partial charge is 0.328 e. The highest BCUT2D eigenvalue weighted by molar-refractivity contribution is 6.00. The fourth-order valence-electron chi connectivity index (χ4n) is 1.78. The summed E-state index contributed by atoms with van der Waals surface area (Å²) in [5.41, 5.74) is 1.45. The zero-order valence-corrected chi connectivity index (χ0v) is 12.9. The van der Waals surface area contributed by atoms with Gasteiger partial charge in [-0.05, 0) is 19.1 Å². The summed E-state index contributed by atoms with van der Waals surface area (Å²) in [5, 5.41) is 3.91. The molecule has 2 aromatic rings. The van der Waals surface area contributed by atoms with Crippen LogP contribution < -0.4 is 14.2 Å². The highest BCUT2D eigenvalue weighted by atomic mass is 16.6. The van der Waals surface area contributed by atoms with E-state index < -0.39 is 0 Å². The Labute approximate surface area is 128 Å². The second-order valence-corrected chi connectivity index (χ2v) is 4.19. The van der Waals surface area contributed by atoms with Crippen molar-refractivity contribution in [3.05, 3.63) is 35.9 Å². The lowest BCUT2D eigenvalue weighted by molar-refractivity contribution is 0.213. The summed E-state index contributed by atoms with van der Waals surface area (Å²) in [5.74, 6) is 1.25. The van der Waals surface area contributed by atoms with E-state index in [0.29, 0.717) is 23.2 Å². The Morgan fingerprint density at radius 3 is 2.23 bits per heavy atom. The van der Waals surface area contributed by atoms with Crippen LogP contribution in [0.1, 0.15) is 12.5 Å². The van der Waals surface area contributed by atoms with E-state index >= 15 is 0 Å². The van der Waals surface area contributed by atoms with Gasteiger partial charge in [-0.3, -0.25) is 0 Å². The first-order valence-corrected chi connectivity index (χ1v) is 6.50. The molecule has 1 aromatic heterocycles. The van der Waals surface area contributed by atoms with Crippen LogP contribution in [0.5, 0.6) is 23.5 Å². The molecule has 0 aliphatic rings. The van der Waals surface area contributed by atoms with E-state index in [4.69, 9.17) is 19.0 Å². The van der Waals surface area contributed by atoms with E-state index in [0.717, 1.165) is 5.56 Å². The van der Waals surface area contributed by atoms with Gasteiger partial charge in [0.25, 0.3) is 0 Å². The third-order valence-corrected chi connectivity index (χ3v) is 2.78. The Hall–Kier alpha value is -2.83. The molecule has 0 atom stereocenters. The van der Waals surface area contributed by atoms with Crippen molar-refractivity contribution in [1.29, 1.82) is 0 Å². The average molecular weight is 303 g/mol. The van der Waals surface area contributed by atoms with Crippen molar-refractivity contribution in [3.63, 3.8) is 0 Å². The van der Waals surface area contributed by atoms with Gasteiger partial charge >= 0.3 is 6.01 Å². The fraction of sp³-hybridized carbons (Fsp3) is 0.267. The number of para-hydroxylation sites is 1. The van der Waals surface area contributed by atoms with Gasteiger partial charge in [0.15, 0.2) is 0 Å². The van der Waals surface area contributed by atoms with E-state index in [-0.39, 0.29) is 6.01 Å². The molecule has 116 valence electrons. The zero-order valence-electron chi connectivity index (χ0n) is 12.9. The molecule has 22 heavy (non-hydrogen) atoms. The second kappa shape index (κ2) is 7.26. The summed E-state index contributed by atoms with van der Waals surface area (Å²) in [7, 11) is 4.51. The van der Waals surface area contributed by atoms with Gasteiger partial charge < -0.3 is 19.0 Å². The Bertz CT molecular complexity index is 651. The van der Waals surface area contributed by atoms with Crippen LogP contribution in [0, 0.1) is 0 Å². The summed E-state index contributed by atoms with van der Waals surface area (Å²) in [4.78, 5) is 13.1. The van der Waals surface area contributed by atoms with Gasteiger partial charge in [0.1, 0.15) is 12.9 Å². The van der Waals surface area contributed by atoms with Gasteiger partial charge in [-0.1, -0.05) is 17.3 Å². The van der Waals surface area contributed by atoms with Gasteiger partial charge in [-0.2, -0.15) is 9.97 Å². The van der Waals surface area contributed by atoms with Crippen molar-refractivity contribution >= 4 is 5.71 Å². The molecule has 0 fully saturated rings. The lowest BCUT2D eigenvalue weighted by Crippen LogP contribution is -2.02. The second-order valence-electron chi connectivity index (χ2n) is 4.19. The van der Waals surface area contributed by atoms with Crippen LogP contribution in [0.4, 0.5) is 0 Å². The molecule has 0 aliphatic carbocycles. The minimum Gasteiger partial charge on any atom is -0.481 e. The Morgan fingerprint density at radius 1 is 1.00 bits per heavy atom. The molecular formula is C15H17N3O4. The molecule has 0 aliphatic heterocycles. The van der Waals surface area contributed by atoms with E-state index in [9.17, 15) is 0 Å². The number of hydrogen-bond donors (Lipinski definition) is 0. The zero-order chi connectivity index (χ0) is 15.9. The first kappa shape index (κ1) is 15.6. The molecule has 0 saturated heterocycles. The standard InChI is InChI=1S/C15H17N3O4/c1-10(18-21-4)11-7-5-6-8-12(11)22-15-16-13(19-2)9-14(17-15)20-3/h5-9H,1-4H3/b18-10+. The van der Waals surface area contributed by atoms with Crippen molar-refractivity contribution in [2.24, 2.45) is 5.16 Å². The number of rotatable bonds is 6. The minimum absolute atomic E-state index is 0.119. The summed E-state index contributed by atoms with van der Waals surface area (Å²) in [6, 6.07) is 9.06. The SMILES string of the molecule is CO/N=C(\C)c1ccccc1Oc1nc(OC)cc(OC)n1. The quantitative estimate of drug-likeness (QED) is 0.603. The van der Waals surface area contributed by atoms with Gasteiger partial charge in [0.2, 0.25) is 11.8 Å². The fourth-order valence-corrected chi connectivity index (χ4v) is 1.78. The lowest BCUT2D eigenvalue weighted by Gasteiger charge is -2.10. The summed E-state index contributed by atoms with van der Waals surface area (Å²) in [6.07, 6.45) is 0. The van der Waals surface area contributed by atoms with E-state index in [1.54, 1.807) is 12.1 Å². The van der Waals surface area contributed by atoms with Crippen molar-refractivity contribution in [2.75, 3.05) is 21.3 Å². The van der Waals surface area contributed by atoms with Gasteiger partial charge in [0, 0.05) is 5.56 Å². The van der Waals surface area contributed by atoms with Gasteiger partial charge in [-0.15, -0.1) is 0 Å². The monoisotopic (exact) mass is 303 g/mol. The van der Waals surface area contributed by atoms with Gasteiger partial charge in [-0.25, -0.2) is 0 Å². The van der Waals surface area contributed by atoms with Crippen molar-refractivity contribution in [2.45, 2.75) is 6.92 Å². The number of hydrogen-bond acceptors (Lipinski definition) is 7. The molecule has 0 N–H and O–H groups in total. The molecule has 2 rings (SSSR count). The predicted octanol–water partition coefficient (Wildman–Crippen LogP) is 2.66. The maximum Gasteiger partial charge on any atom is 0.328 e. The van der Waals surface area contributed by atoms with E-state index in [1.165, 1.54) is 21.3 Å². The molecule has 0 spiro atoms. The average Bonchev–Trinajstić information content (AvgIpc) is 2.55. The van der Waals surface area contributed by atoms with Crippen LogP contribution in [-0.2, 0) is 4.84 Å². The molecule has 0 amide bonds. The molecule has 7 nitrogen and oxygen atoms in total. The summed E-state index contributed by atoms with van der Waals surface area (Å²) >= 11 is 0. The van der Waals surface area contributed by atoms with Crippen LogP contribution in [0.2, 0.25) is 0 Å². The molecule has 0 radical (unpaired) electrons. The van der Waals surface area contributed by atoms with Gasteiger partial charge in [0.05, 0.1) is 26.0 Å². The maximum atomic E-state index is 5.74. The van der Waals surface area contributed by atoms with Crippen molar-refractivity contribution < 1.29 is 19.0 Å². The molecular weight excluding hydrogens is 286 g/mol. The van der Waals surface area contributed by atoms with Crippen LogP contribution >= 0.6 is 0 Å². The summed E-state index contributed by atoms with van der Waals surface area (Å²) < 4.78 is 15.9. The van der Waals surface area contributed by atoms with Crippen molar-refractivity contribution in [3.8, 4) is 23.5 Å². The van der Waals surface area contributed by atoms with Crippen LogP contribution in [0.15, 0.2) is 35.5 Å². The third kappa shape index (κ3) is 3.63. The molecule has 7 heteroatoms. The van der Waals surface area contributed by atoms with Crippen molar-refractivity contribution in [1.82, 2.24) is 9.97 Å². The first-order valence-electron chi connectivity index (χ1n) is 6.50.